The smallest absolute Gasteiger partial charge is 0.306 e. The molecule has 0 aromatic heterocycles. The van der Waals surface area contributed by atoms with Crippen LogP contribution < -0.4 is 0 Å². The highest BCUT2D eigenvalue weighted by atomic mass is 16.6. The molecule has 1 atom stereocenters. The molecule has 0 aliphatic heterocycles. The Balaban J connectivity index is 4.30. The number of carbonyl (C=O) groups is 3. The van der Waals surface area contributed by atoms with Gasteiger partial charge in [-0.3, -0.25) is 14.4 Å². The van der Waals surface area contributed by atoms with Crippen molar-refractivity contribution in [1.29, 1.82) is 0 Å². The standard InChI is InChI=1S/C56H108O6/c1-6-7-8-9-10-11-12-15-21-26-31-36-41-46-54(57)60-49-53(50-61-55(58)47-42-37-32-27-23-18-20-25-30-35-40-45-52(4)5)62-56(59)48-43-38-33-28-22-17-14-13-16-19-24-29-34-39-44-51(2)3/h51-53H,6-50H2,1-5H3/t53-/m0/s1. The first kappa shape index (κ1) is 60.4. The first-order valence-electron chi connectivity index (χ1n) is 27.7. The second-order valence-electron chi connectivity index (χ2n) is 20.2. The van der Waals surface area contributed by atoms with Gasteiger partial charge < -0.3 is 14.2 Å². The summed E-state index contributed by atoms with van der Waals surface area (Å²) in [5.74, 6) is 0.828. The van der Waals surface area contributed by atoms with Gasteiger partial charge in [0.05, 0.1) is 0 Å². The summed E-state index contributed by atoms with van der Waals surface area (Å²) >= 11 is 0. The van der Waals surface area contributed by atoms with E-state index in [-0.39, 0.29) is 31.1 Å². The zero-order chi connectivity index (χ0) is 45.4. The Bertz CT molecular complexity index is 947. The van der Waals surface area contributed by atoms with Gasteiger partial charge in [-0.2, -0.15) is 0 Å². The predicted molar refractivity (Wildman–Crippen MR) is 266 cm³/mol. The van der Waals surface area contributed by atoms with E-state index in [9.17, 15) is 14.4 Å². The summed E-state index contributed by atoms with van der Waals surface area (Å²) in [6.45, 7) is 11.4. The molecule has 0 fully saturated rings. The summed E-state index contributed by atoms with van der Waals surface area (Å²) in [6.07, 6.45) is 50.9. The zero-order valence-corrected chi connectivity index (χ0v) is 42.5. The van der Waals surface area contributed by atoms with E-state index in [2.05, 4.69) is 34.6 Å². The number of ether oxygens (including phenoxy) is 3. The molecule has 62 heavy (non-hydrogen) atoms. The zero-order valence-electron chi connectivity index (χ0n) is 42.5. The minimum atomic E-state index is -0.762. The number of hydrogen-bond acceptors (Lipinski definition) is 6. The van der Waals surface area contributed by atoms with Gasteiger partial charge in [-0.15, -0.1) is 0 Å². The molecular formula is C56H108O6. The molecule has 0 N–H and O–H groups in total. The van der Waals surface area contributed by atoms with E-state index in [0.717, 1.165) is 69.6 Å². The molecule has 0 amide bonds. The van der Waals surface area contributed by atoms with E-state index < -0.39 is 6.10 Å². The lowest BCUT2D eigenvalue weighted by atomic mass is 10.0. The number of hydrogen-bond donors (Lipinski definition) is 0. The monoisotopic (exact) mass is 877 g/mol. The van der Waals surface area contributed by atoms with Crippen LogP contribution in [0.3, 0.4) is 0 Å². The lowest BCUT2D eigenvalue weighted by molar-refractivity contribution is -0.167. The van der Waals surface area contributed by atoms with E-state index in [1.54, 1.807) is 0 Å². The molecule has 0 bridgehead atoms. The normalized spacial score (nSPS) is 12.0. The Morgan fingerprint density at radius 3 is 0.790 bits per heavy atom. The third kappa shape index (κ3) is 49.4. The van der Waals surface area contributed by atoms with Gasteiger partial charge in [0.1, 0.15) is 13.2 Å². The SMILES string of the molecule is CCCCCCCCCCCCCCCC(=O)OC[C@@H](COC(=O)CCCCCCCCCCCCCC(C)C)OC(=O)CCCCCCCCCCCCCCCCC(C)C. The van der Waals surface area contributed by atoms with Crippen molar-refractivity contribution in [1.82, 2.24) is 0 Å². The van der Waals surface area contributed by atoms with E-state index in [4.69, 9.17) is 14.2 Å². The predicted octanol–water partition coefficient (Wildman–Crippen LogP) is 18.1. The fourth-order valence-electron chi connectivity index (χ4n) is 8.52. The average molecular weight is 877 g/mol. The Labute approximate surface area is 387 Å². The van der Waals surface area contributed by atoms with Crippen molar-refractivity contribution in [3.05, 3.63) is 0 Å². The fraction of sp³-hybridized carbons (Fsp3) is 0.946. The molecule has 0 saturated heterocycles. The Hall–Kier alpha value is -1.59. The molecular weight excluding hydrogens is 769 g/mol. The van der Waals surface area contributed by atoms with Gasteiger partial charge in [-0.05, 0) is 31.1 Å². The highest BCUT2D eigenvalue weighted by molar-refractivity contribution is 5.71. The molecule has 368 valence electrons. The quantitative estimate of drug-likeness (QED) is 0.0344. The van der Waals surface area contributed by atoms with Gasteiger partial charge in [-0.25, -0.2) is 0 Å². The van der Waals surface area contributed by atoms with Gasteiger partial charge in [0.15, 0.2) is 6.10 Å². The molecule has 0 aliphatic rings. The molecule has 6 heteroatoms. The summed E-state index contributed by atoms with van der Waals surface area (Å²) in [4.78, 5) is 38.1. The molecule has 0 saturated carbocycles. The van der Waals surface area contributed by atoms with E-state index in [1.165, 1.54) is 199 Å². The average Bonchev–Trinajstić information content (AvgIpc) is 3.24. The van der Waals surface area contributed by atoms with Gasteiger partial charge in [-0.1, -0.05) is 272 Å². The minimum Gasteiger partial charge on any atom is -0.462 e. The summed E-state index contributed by atoms with van der Waals surface area (Å²) in [6, 6.07) is 0. The Morgan fingerprint density at radius 1 is 0.306 bits per heavy atom. The molecule has 0 aliphatic carbocycles. The van der Waals surface area contributed by atoms with Crippen molar-refractivity contribution in [2.75, 3.05) is 13.2 Å². The van der Waals surface area contributed by atoms with Crippen molar-refractivity contribution < 1.29 is 28.6 Å². The summed E-state index contributed by atoms with van der Waals surface area (Å²) in [7, 11) is 0. The lowest BCUT2D eigenvalue weighted by Crippen LogP contribution is -2.30. The van der Waals surface area contributed by atoms with Gasteiger partial charge in [0, 0.05) is 19.3 Å². The minimum absolute atomic E-state index is 0.0630. The Morgan fingerprint density at radius 2 is 0.532 bits per heavy atom. The number of esters is 3. The van der Waals surface area contributed by atoms with Crippen LogP contribution in [0.2, 0.25) is 0 Å². The van der Waals surface area contributed by atoms with Crippen LogP contribution in [0.15, 0.2) is 0 Å². The van der Waals surface area contributed by atoms with Crippen molar-refractivity contribution in [2.24, 2.45) is 11.8 Å². The molecule has 0 unspecified atom stereocenters. The van der Waals surface area contributed by atoms with Crippen molar-refractivity contribution in [3.63, 3.8) is 0 Å². The molecule has 0 spiro atoms. The van der Waals surface area contributed by atoms with Crippen LogP contribution in [0, 0.1) is 11.8 Å². The van der Waals surface area contributed by atoms with Gasteiger partial charge in [0.2, 0.25) is 0 Å². The summed E-state index contributed by atoms with van der Waals surface area (Å²) < 4.78 is 16.9. The van der Waals surface area contributed by atoms with Crippen molar-refractivity contribution in [3.8, 4) is 0 Å². The van der Waals surface area contributed by atoms with Crippen LogP contribution in [0.4, 0.5) is 0 Å². The molecule has 0 aromatic carbocycles. The van der Waals surface area contributed by atoms with Crippen LogP contribution in [0.1, 0.15) is 311 Å². The lowest BCUT2D eigenvalue weighted by Gasteiger charge is -2.18. The van der Waals surface area contributed by atoms with Crippen LogP contribution >= 0.6 is 0 Å². The highest BCUT2D eigenvalue weighted by Gasteiger charge is 2.19. The van der Waals surface area contributed by atoms with Crippen LogP contribution in [-0.2, 0) is 28.6 Å². The largest absolute Gasteiger partial charge is 0.462 e. The van der Waals surface area contributed by atoms with Crippen LogP contribution in [0.25, 0.3) is 0 Å². The third-order valence-electron chi connectivity index (χ3n) is 12.7. The van der Waals surface area contributed by atoms with Crippen molar-refractivity contribution >= 4 is 17.9 Å². The molecule has 6 nitrogen and oxygen atoms in total. The number of rotatable bonds is 50. The third-order valence-corrected chi connectivity index (χ3v) is 12.7. The molecule has 0 aromatic rings. The van der Waals surface area contributed by atoms with Crippen LogP contribution in [-0.4, -0.2) is 37.2 Å². The number of carbonyl (C=O) groups excluding carboxylic acids is 3. The fourth-order valence-corrected chi connectivity index (χ4v) is 8.52. The highest BCUT2D eigenvalue weighted by Crippen LogP contribution is 2.18. The van der Waals surface area contributed by atoms with Gasteiger partial charge in [0.25, 0.3) is 0 Å². The first-order valence-corrected chi connectivity index (χ1v) is 27.7. The number of unbranched alkanes of at least 4 members (excludes halogenated alkanes) is 35. The molecule has 0 radical (unpaired) electrons. The molecule has 0 heterocycles. The molecule has 0 rings (SSSR count). The maximum atomic E-state index is 12.8. The van der Waals surface area contributed by atoms with E-state index in [0.29, 0.717) is 19.3 Å². The Kier molecular flexibility index (Phi) is 47.6. The summed E-state index contributed by atoms with van der Waals surface area (Å²) in [5, 5.41) is 0. The maximum Gasteiger partial charge on any atom is 0.306 e. The van der Waals surface area contributed by atoms with E-state index in [1.807, 2.05) is 0 Å². The second kappa shape index (κ2) is 48.9. The maximum absolute atomic E-state index is 12.8. The van der Waals surface area contributed by atoms with Crippen LogP contribution in [0.5, 0.6) is 0 Å². The second-order valence-corrected chi connectivity index (χ2v) is 20.2. The van der Waals surface area contributed by atoms with E-state index >= 15 is 0 Å². The summed E-state index contributed by atoms with van der Waals surface area (Å²) in [5.41, 5.74) is 0. The van der Waals surface area contributed by atoms with Crippen molar-refractivity contribution in [2.45, 2.75) is 317 Å². The first-order chi connectivity index (χ1) is 30.2. The topological polar surface area (TPSA) is 78.9 Å². The van der Waals surface area contributed by atoms with Gasteiger partial charge >= 0.3 is 17.9 Å².